The Balaban J connectivity index is 3.16. The summed E-state index contributed by atoms with van der Waals surface area (Å²) in [7, 11) is 4.00. The molecule has 0 radical (unpaired) electrons. The molecule has 0 aromatic heterocycles. The number of likely N-dealkylation sites (N-methyl/N-ethyl adjacent to an activating group) is 2. The van der Waals surface area contributed by atoms with Gasteiger partial charge in [-0.05, 0) is 46.1 Å². The second-order valence-corrected chi connectivity index (χ2v) is 5.30. The summed E-state index contributed by atoms with van der Waals surface area (Å²) in [6, 6.07) is 5.10. The van der Waals surface area contributed by atoms with Crippen molar-refractivity contribution in [3.05, 3.63) is 28.8 Å². The van der Waals surface area contributed by atoms with Crippen molar-refractivity contribution in [2.24, 2.45) is 0 Å². The Labute approximate surface area is 119 Å². The lowest BCUT2D eigenvalue weighted by molar-refractivity contribution is 0.0697. The fourth-order valence-corrected chi connectivity index (χ4v) is 2.44. The van der Waals surface area contributed by atoms with E-state index in [-0.39, 0.29) is 11.6 Å². The van der Waals surface area contributed by atoms with Crippen LogP contribution in [-0.4, -0.2) is 49.2 Å². The zero-order chi connectivity index (χ0) is 14.6. The molecule has 0 spiro atoms. The van der Waals surface area contributed by atoms with E-state index in [2.05, 4.69) is 16.7 Å². The van der Waals surface area contributed by atoms with Gasteiger partial charge < -0.3 is 14.9 Å². The topological polar surface area (TPSA) is 43.8 Å². The van der Waals surface area contributed by atoms with E-state index in [0.29, 0.717) is 10.7 Å². The van der Waals surface area contributed by atoms with Crippen LogP contribution in [0.4, 0.5) is 5.69 Å². The molecule has 1 N–H and O–H groups in total. The minimum Gasteiger partial charge on any atom is -0.478 e. The molecule has 0 saturated heterocycles. The lowest BCUT2D eigenvalue weighted by Crippen LogP contribution is -2.40. The molecule has 0 aliphatic heterocycles. The van der Waals surface area contributed by atoms with Crippen LogP contribution in [0, 0.1) is 0 Å². The summed E-state index contributed by atoms with van der Waals surface area (Å²) in [5.41, 5.74) is 0.966. The average Bonchev–Trinajstić information content (AvgIpc) is 2.28. The number of hydrogen-bond acceptors (Lipinski definition) is 3. The third-order valence-corrected chi connectivity index (χ3v) is 3.24. The molecule has 4 nitrogen and oxygen atoms in total. The Morgan fingerprint density at radius 3 is 2.53 bits per heavy atom. The van der Waals surface area contributed by atoms with Crippen LogP contribution in [0.25, 0.3) is 0 Å². The summed E-state index contributed by atoms with van der Waals surface area (Å²) >= 11 is 6.00. The summed E-state index contributed by atoms with van der Waals surface area (Å²) in [5, 5.41) is 9.84. The monoisotopic (exact) mass is 284 g/mol. The molecule has 1 unspecified atom stereocenters. The van der Waals surface area contributed by atoms with E-state index in [4.69, 9.17) is 11.6 Å². The summed E-state index contributed by atoms with van der Waals surface area (Å²) in [6.45, 7) is 5.67. The first-order valence-corrected chi connectivity index (χ1v) is 6.68. The highest BCUT2D eigenvalue weighted by atomic mass is 35.5. The van der Waals surface area contributed by atoms with E-state index in [1.54, 1.807) is 18.2 Å². The number of benzene rings is 1. The van der Waals surface area contributed by atoms with E-state index in [1.807, 2.05) is 21.0 Å². The Hall–Kier alpha value is -1.26. The van der Waals surface area contributed by atoms with Crippen LogP contribution in [-0.2, 0) is 0 Å². The maximum absolute atomic E-state index is 11.3. The summed E-state index contributed by atoms with van der Waals surface area (Å²) < 4.78 is 0. The highest BCUT2D eigenvalue weighted by Crippen LogP contribution is 2.26. The van der Waals surface area contributed by atoms with Crippen LogP contribution in [0.5, 0.6) is 0 Å². The number of carbonyl (C=O) groups is 1. The summed E-state index contributed by atoms with van der Waals surface area (Å²) in [5.74, 6) is -0.929. The molecule has 106 valence electrons. The molecule has 19 heavy (non-hydrogen) atoms. The molecule has 1 aromatic rings. The van der Waals surface area contributed by atoms with Gasteiger partial charge in [0.2, 0.25) is 0 Å². The molecule has 0 amide bonds. The molecular formula is C14H21ClN2O2. The molecule has 1 rings (SSSR count). The predicted octanol–water partition coefficient (Wildman–Crippen LogP) is 2.81. The van der Waals surface area contributed by atoms with Gasteiger partial charge in [-0.25, -0.2) is 4.79 Å². The smallest absolute Gasteiger partial charge is 0.337 e. The van der Waals surface area contributed by atoms with Gasteiger partial charge in [-0.2, -0.15) is 0 Å². The van der Waals surface area contributed by atoms with E-state index in [0.717, 1.165) is 13.1 Å². The first kappa shape index (κ1) is 15.8. The van der Waals surface area contributed by atoms with Gasteiger partial charge in [-0.1, -0.05) is 11.6 Å². The van der Waals surface area contributed by atoms with E-state index in [1.165, 1.54) is 0 Å². The number of nitrogens with zero attached hydrogens (tertiary/aromatic N) is 2. The Morgan fingerprint density at radius 2 is 2.05 bits per heavy atom. The van der Waals surface area contributed by atoms with Crippen LogP contribution >= 0.6 is 11.6 Å². The molecule has 0 aliphatic carbocycles. The van der Waals surface area contributed by atoms with Gasteiger partial charge >= 0.3 is 5.97 Å². The Morgan fingerprint density at radius 1 is 1.42 bits per heavy atom. The number of hydrogen-bond donors (Lipinski definition) is 1. The normalized spacial score (nSPS) is 12.5. The standard InChI is InChI=1S/C14H21ClN2O2/c1-5-17(10(2)9-16(3)4)13-8-11(15)6-7-12(13)14(18)19/h6-8,10H,5,9H2,1-4H3,(H,18,19). The van der Waals surface area contributed by atoms with E-state index in [9.17, 15) is 9.90 Å². The molecule has 0 fully saturated rings. The molecular weight excluding hydrogens is 264 g/mol. The third kappa shape index (κ3) is 4.11. The number of aromatic carboxylic acids is 1. The van der Waals surface area contributed by atoms with Crippen molar-refractivity contribution in [2.75, 3.05) is 32.1 Å². The zero-order valence-corrected chi connectivity index (χ0v) is 12.6. The van der Waals surface area contributed by atoms with Crippen LogP contribution in [0.3, 0.4) is 0 Å². The van der Waals surface area contributed by atoms with Gasteiger partial charge in [0.15, 0.2) is 0 Å². The van der Waals surface area contributed by atoms with Gasteiger partial charge in [-0.15, -0.1) is 0 Å². The number of anilines is 1. The molecule has 0 heterocycles. The number of rotatable bonds is 6. The van der Waals surface area contributed by atoms with Crippen molar-refractivity contribution in [3.63, 3.8) is 0 Å². The highest BCUT2D eigenvalue weighted by molar-refractivity contribution is 6.31. The molecule has 5 heteroatoms. The highest BCUT2D eigenvalue weighted by Gasteiger charge is 2.20. The third-order valence-electron chi connectivity index (χ3n) is 3.00. The summed E-state index contributed by atoms with van der Waals surface area (Å²) in [6.07, 6.45) is 0. The van der Waals surface area contributed by atoms with Gasteiger partial charge in [-0.3, -0.25) is 0 Å². The Kier molecular flexibility index (Phi) is 5.63. The Bertz CT molecular complexity index is 449. The van der Waals surface area contributed by atoms with Gasteiger partial charge in [0.05, 0.1) is 11.3 Å². The maximum atomic E-state index is 11.3. The maximum Gasteiger partial charge on any atom is 0.337 e. The largest absolute Gasteiger partial charge is 0.478 e. The van der Waals surface area contributed by atoms with Crippen LogP contribution in [0.1, 0.15) is 24.2 Å². The van der Waals surface area contributed by atoms with Crippen LogP contribution in [0.2, 0.25) is 5.02 Å². The summed E-state index contributed by atoms with van der Waals surface area (Å²) in [4.78, 5) is 15.5. The zero-order valence-electron chi connectivity index (χ0n) is 11.9. The molecule has 0 bridgehead atoms. The van der Waals surface area contributed by atoms with Gasteiger partial charge in [0.25, 0.3) is 0 Å². The van der Waals surface area contributed by atoms with Crippen molar-refractivity contribution < 1.29 is 9.90 Å². The van der Waals surface area contributed by atoms with Crippen LogP contribution in [0.15, 0.2) is 18.2 Å². The SMILES string of the molecule is CCN(c1cc(Cl)ccc1C(=O)O)C(C)CN(C)C. The minimum absolute atomic E-state index is 0.205. The van der Waals surface area contributed by atoms with Crippen molar-refractivity contribution in [2.45, 2.75) is 19.9 Å². The molecule has 1 aromatic carbocycles. The van der Waals surface area contributed by atoms with Crippen molar-refractivity contribution in [1.29, 1.82) is 0 Å². The first-order valence-electron chi connectivity index (χ1n) is 6.31. The lowest BCUT2D eigenvalue weighted by atomic mass is 10.1. The van der Waals surface area contributed by atoms with Crippen molar-refractivity contribution >= 4 is 23.3 Å². The molecule has 0 saturated carbocycles. The quantitative estimate of drug-likeness (QED) is 0.872. The van der Waals surface area contributed by atoms with Gasteiger partial charge in [0, 0.05) is 24.2 Å². The number of carboxylic acid groups (broad SMARTS) is 1. The van der Waals surface area contributed by atoms with Crippen molar-refractivity contribution in [3.8, 4) is 0 Å². The van der Waals surface area contributed by atoms with Gasteiger partial charge in [0.1, 0.15) is 0 Å². The van der Waals surface area contributed by atoms with Crippen molar-refractivity contribution in [1.82, 2.24) is 4.90 Å². The minimum atomic E-state index is -0.929. The predicted molar refractivity (Wildman–Crippen MR) is 79.4 cm³/mol. The number of carboxylic acids is 1. The second kappa shape index (κ2) is 6.78. The van der Waals surface area contributed by atoms with E-state index >= 15 is 0 Å². The lowest BCUT2D eigenvalue weighted by Gasteiger charge is -2.33. The average molecular weight is 285 g/mol. The fraction of sp³-hybridized carbons (Fsp3) is 0.500. The number of halogens is 1. The first-order chi connectivity index (χ1) is 8.86. The second-order valence-electron chi connectivity index (χ2n) is 4.86. The van der Waals surface area contributed by atoms with Crippen LogP contribution < -0.4 is 4.90 Å². The van der Waals surface area contributed by atoms with E-state index < -0.39 is 5.97 Å². The molecule has 1 atom stereocenters. The fourth-order valence-electron chi connectivity index (χ4n) is 2.27. The molecule has 0 aliphatic rings.